The first-order valence-electron chi connectivity index (χ1n) is 14.6. The molecule has 4 aromatic rings. The van der Waals surface area contributed by atoms with Crippen LogP contribution in [0.1, 0.15) is 75.2 Å². The van der Waals surface area contributed by atoms with Gasteiger partial charge < -0.3 is 19.7 Å². The van der Waals surface area contributed by atoms with Crippen LogP contribution in [0.4, 0.5) is 0 Å². The summed E-state index contributed by atoms with van der Waals surface area (Å²) >= 11 is 0. The minimum atomic E-state index is -1.64. The van der Waals surface area contributed by atoms with Crippen molar-refractivity contribution in [1.29, 1.82) is 0 Å². The van der Waals surface area contributed by atoms with Crippen molar-refractivity contribution in [2.24, 2.45) is 5.92 Å². The Kier molecular flexibility index (Phi) is 11.2. The molecule has 4 heteroatoms. The van der Waals surface area contributed by atoms with E-state index in [4.69, 9.17) is 9.47 Å². The summed E-state index contributed by atoms with van der Waals surface area (Å²) in [6, 6.07) is 37.9. The smallest absolute Gasteiger partial charge is 0.286 e. The van der Waals surface area contributed by atoms with Crippen LogP contribution in [0.15, 0.2) is 121 Å². The van der Waals surface area contributed by atoms with Crippen molar-refractivity contribution < 1.29 is 19.7 Å². The minimum Gasteiger partial charge on any atom is -0.449 e. The van der Waals surface area contributed by atoms with Crippen molar-refractivity contribution in [3.05, 3.63) is 132 Å². The third-order valence-electron chi connectivity index (χ3n) is 7.45. The van der Waals surface area contributed by atoms with Gasteiger partial charge in [-0.2, -0.15) is 0 Å². The van der Waals surface area contributed by atoms with Crippen LogP contribution in [0, 0.1) is 5.92 Å². The highest BCUT2D eigenvalue weighted by Crippen LogP contribution is 2.46. The van der Waals surface area contributed by atoms with Gasteiger partial charge in [-0.25, -0.2) is 0 Å². The van der Waals surface area contributed by atoms with Crippen molar-refractivity contribution >= 4 is 0 Å². The van der Waals surface area contributed by atoms with Gasteiger partial charge in [0.25, 0.3) is 5.79 Å². The van der Waals surface area contributed by atoms with Crippen LogP contribution >= 0.6 is 0 Å². The van der Waals surface area contributed by atoms with E-state index in [1.165, 1.54) is 19.3 Å². The van der Waals surface area contributed by atoms with Gasteiger partial charge in [-0.3, -0.25) is 0 Å². The molecule has 2 N–H and O–H groups in total. The van der Waals surface area contributed by atoms with E-state index in [-0.39, 0.29) is 0 Å². The Balaban J connectivity index is 1.83. The van der Waals surface area contributed by atoms with Gasteiger partial charge in [-0.05, 0) is 41.8 Å². The van der Waals surface area contributed by atoms with Gasteiger partial charge in [-0.15, -0.1) is 0 Å². The summed E-state index contributed by atoms with van der Waals surface area (Å²) < 4.78 is 13.6. The van der Waals surface area contributed by atoms with E-state index in [1.807, 2.05) is 121 Å². The maximum Gasteiger partial charge on any atom is 0.286 e. The van der Waals surface area contributed by atoms with Crippen LogP contribution in [0.3, 0.4) is 0 Å². The second-order valence-corrected chi connectivity index (χ2v) is 10.4. The second kappa shape index (κ2) is 15.3. The monoisotopic (exact) mass is 538 g/mol. The summed E-state index contributed by atoms with van der Waals surface area (Å²) in [5.41, 5.74) is 1.42. The fourth-order valence-corrected chi connectivity index (χ4v) is 5.31. The molecule has 0 bridgehead atoms. The molecule has 0 heterocycles. The van der Waals surface area contributed by atoms with Crippen molar-refractivity contribution in [2.75, 3.05) is 0 Å². The highest BCUT2D eigenvalue weighted by Gasteiger charge is 2.54. The number of benzene rings is 4. The van der Waals surface area contributed by atoms with Gasteiger partial charge >= 0.3 is 0 Å². The quantitative estimate of drug-likeness (QED) is 0.111. The van der Waals surface area contributed by atoms with Gasteiger partial charge in [0.1, 0.15) is 11.5 Å². The molecule has 4 rings (SSSR count). The second-order valence-electron chi connectivity index (χ2n) is 10.4. The minimum absolute atomic E-state index is 0.557. The van der Waals surface area contributed by atoms with Crippen LogP contribution in [-0.2, 0) is 0 Å². The average molecular weight is 539 g/mol. The summed E-state index contributed by atoms with van der Waals surface area (Å²) in [6.07, 6.45) is 5.12. The lowest BCUT2D eigenvalue weighted by molar-refractivity contribution is -0.243. The molecule has 0 fully saturated rings. The number of rotatable bonds is 16. The van der Waals surface area contributed by atoms with Gasteiger partial charge in [0.2, 0.25) is 0 Å². The molecule has 40 heavy (non-hydrogen) atoms. The molecule has 4 aromatic carbocycles. The van der Waals surface area contributed by atoms with Gasteiger partial charge in [-0.1, -0.05) is 143 Å². The van der Waals surface area contributed by atoms with Crippen LogP contribution < -0.4 is 9.47 Å². The number of unbranched alkanes of at least 4 members (excludes halogenated alkanes) is 5. The first-order chi connectivity index (χ1) is 19.6. The van der Waals surface area contributed by atoms with Gasteiger partial charge in [0.15, 0.2) is 6.10 Å². The van der Waals surface area contributed by atoms with E-state index < -0.39 is 23.9 Å². The molecule has 0 aliphatic rings. The molecular weight excluding hydrogens is 496 g/mol. The van der Waals surface area contributed by atoms with E-state index >= 15 is 0 Å². The fourth-order valence-electron chi connectivity index (χ4n) is 5.31. The molecule has 3 atom stereocenters. The van der Waals surface area contributed by atoms with E-state index in [2.05, 4.69) is 6.92 Å². The Bertz CT molecular complexity index is 1170. The third-order valence-corrected chi connectivity index (χ3v) is 7.45. The zero-order valence-electron chi connectivity index (χ0n) is 23.4. The number of hydrogen-bond donors (Lipinski definition) is 2. The molecule has 0 spiro atoms. The van der Waals surface area contributed by atoms with Crippen LogP contribution in [0.25, 0.3) is 0 Å². The zero-order valence-corrected chi connectivity index (χ0v) is 23.4. The van der Waals surface area contributed by atoms with E-state index in [1.54, 1.807) is 0 Å². The maximum absolute atomic E-state index is 12.2. The van der Waals surface area contributed by atoms with Crippen molar-refractivity contribution in [3.63, 3.8) is 0 Å². The molecule has 0 saturated carbocycles. The molecule has 0 aliphatic heterocycles. The molecule has 0 amide bonds. The van der Waals surface area contributed by atoms with Gasteiger partial charge in [0, 0.05) is 0 Å². The number of ether oxygens (including phenoxy) is 2. The molecule has 0 aromatic heterocycles. The normalized spacial score (nSPS) is 13.8. The molecule has 3 unspecified atom stereocenters. The average Bonchev–Trinajstić information content (AvgIpc) is 3.01. The van der Waals surface area contributed by atoms with Crippen molar-refractivity contribution in [2.45, 2.75) is 69.9 Å². The summed E-state index contributed by atoms with van der Waals surface area (Å²) in [5.74, 6) is -1.12. The first kappa shape index (κ1) is 29.4. The van der Waals surface area contributed by atoms with Crippen molar-refractivity contribution in [1.82, 2.24) is 0 Å². The topological polar surface area (TPSA) is 58.9 Å². The summed E-state index contributed by atoms with van der Waals surface area (Å²) in [6.45, 7) is 2.22. The lowest BCUT2D eigenvalue weighted by Gasteiger charge is -2.45. The predicted molar refractivity (Wildman–Crippen MR) is 161 cm³/mol. The van der Waals surface area contributed by atoms with E-state index in [0.29, 0.717) is 23.5 Å². The lowest BCUT2D eigenvalue weighted by Crippen LogP contribution is -2.56. The SMILES string of the molecule is CCCCCCCCC(C(O)c1ccccc1)C(Oc1ccccc1)(Oc1ccccc1)C(O)c1ccccc1. The highest BCUT2D eigenvalue weighted by atomic mass is 16.7. The Hall–Kier alpha value is -3.60. The fraction of sp³-hybridized carbons (Fsp3) is 0.333. The molecule has 0 radical (unpaired) electrons. The van der Waals surface area contributed by atoms with Gasteiger partial charge in [0.05, 0.1) is 12.0 Å². The molecule has 0 aliphatic carbocycles. The summed E-state index contributed by atoms with van der Waals surface area (Å²) in [4.78, 5) is 0. The van der Waals surface area contributed by atoms with E-state index in [0.717, 1.165) is 24.8 Å². The Morgan fingerprint density at radius 2 is 0.975 bits per heavy atom. The molecule has 210 valence electrons. The number of aliphatic hydroxyl groups is 2. The Labute approximate surface area is 239 Å². The molecular formula is C36H42O4. The largest absolute Gasteiger partial charge is 0.449 e. The number of hydrogen-bond acceptors (Lipinski definition) is 4. The summed E-state index contributed by atoms with van der Waals surface area (Å²) in [7, 11) is 0. The lowest BCUT2D eigenvalue weighted by atomic mass is 9.79. The first-order valence-corrected chi connectivity index (χ1v) is 14.6. The number of aliphatic hydroxyl groups excluding tert-OH is 2. The zero-order chi connectivity index (χ0) is 28.0. The molecule has 0 saturated heterocycles. The van der Waals surface area contributed by atoms with Crippen LogP contribution in [0.5, 0.6) is 11.5 Å². The standard InChI is InChI=1S/C36H42O4/c1-2-3-4-5-6-19-28-33(34(37)29-20-11-7-12-21-29)36(39-31-24-15-9-16-25-31,40-32-26-17-10-18-27-32)35(38)30-22-13-8-14-23-30/h7-18,20-27,33-35,37-38H,2-6,19,28H2,1H3. The third kappa shape index (κ3) is 7.74. The van der Waals surface area contributed by atoms with Crippen LogP contribution in [-0.4, -0.2) is 16.0 Å². The Morgan fingerprint density at radius 3 is 1.48 bits per heavy atom. The van der Waals surface area contributed by atoms with Crippen molar-refractivity contribution in [3.8, 4) is 11.5 Å². The van der Waals surface area contributed by atoms with Crippen LogP contribution in [0.2, 0.25) is 0 Å². The predicted octanol–water partition coefficient (Wildman–Crippen LogP) is 8.67. The summed E-state index contributed by atoms with van der Waals surface area (Å²) in [5, 5.41) is 24.3. The van der Waals surface area contributed by atoms with E-state index in [9.17, 15) is 10.2 Å². The highest BCUT2D eigenvalue weighted by molar-refractivity contribution is 5.30. The Morgan fingerprint density at radius 1 is 0.550 bits per heavy atom. The number of para-hydroxylation sites is 2. The maximum atomic E-state index is 12.2. The molecule has 4 nitrogen and oxygen atoms in total.